The predicted octanol–water partition coefficient (Wildman–Crippen LogP) is 4.22. The molecule has 2 N–H and O–H groups in total. The van der Waals surface area contributed by atoms with E-state index < -0.39 is 0 Å². The SMILES string of the molecule is Cc1ncc(-c2ccccc2SCCN)nc1-c1nnc(-c2ccccc2)o1. The minimum atomic E-state index is 0.359. The van der Waals surface area contributed by atoms with Crippen LogP contribution in [0.1, 0.15) is 5.69 Å². The lowest BCUT2D eigenvalue weighted by Crippen LogP contribution is -2.01. The van der Waals surface area contributed by atoms with E-state index in [2.05, 4.69) is 21.2 Å². The summed E-state index contributed by atoms with van der Waals surface area (Å²) in [5.74, 6) is 1.66. The van der Waals surface area contributed by atoms with Gasteiger partial charge in [0.25, 0.3) is 5.89 Å². The van der Waals surface area contributed by atoms with E-state index in [1.54, 1.807) is 18.0 Å². The Bertz CT molecular complexity index is 1080. The molecule has 0 atom stereocenters. The lowest BCUT2D eigenvalue weighted by molar-refractivity contribution is 0.581. The van der Waals surface area contributed by atoms with Gasteiger partial charge < -0.3 is 10.2 Å². The first kappa shape index (κ1) is 18.3. The van der Waals surface area contributed by atoms with Crippen LogP contribution in [-0.4, -0.2) is 32.5 Å². The molecule has 28 heavy (non-hydrogen) atoms. The van der Waals surface area contributed by atoms with Gasteiger partial charge in [-0.05, 0) is 25.1 Å². The zero-order valence-electron chi connectivity index (χ0n) is 15.4. The molecule has 0 saturated heterocycles. The maximum absolute atomic E-state index is 5.88. The van der Waals surface area contributed by atoms with E-state index in [1.165, 1.54) is 0 Å². The molecule has 0 radical (unpaired) electrons. The molecule has 2 aromatic heterocycles. The molecular weight excluding hydrogens is 370 g/mol. The van der Waals surface area contributed by atoms with Crippen LogP contribution in [0.4, 0.5) is 0 Å². The van der Waals surface area contributed by atoms with Crippen LogP contribution in [0.15, 0.2) is 70.1 Å². The van der Waals surface area contributed by atoms with E-state index in [-0.39, 0.29) is 0 Å². The number of thioether (sulfide) groups is 1. The van der Waals surface area contributed by atoms with Crippen LogP contribution in [0.2, 0.25) is 0 Å². The minimum absolute atomic E-state index is 0.359. The highest BCUT2D eigenvalue weighted by Gasteiger charge is 2.17. The third-order valence-electron chi connectivity index (χ3n) is 4.14. The number of aromatic nitrogens is 4. The molecule has 2 aromatic carbocycles. The molecule has 0 amide bonds. The predicted molar refractivity (Wildman–Crippen MR) is 111 cm³/mol. The zero-order valence-corrected chi connectivity index (χ0v) is 16.2. The summed E-state index contributed by atoms with van der Waals surface area (Å²) < 4.78 is 5.88. The Morgan fingerprint density at radius 2 is 1.71 bits per heavy atom. The van der Waals surface area contributed by atoms with Gasteiger partial charge in [0.05, 0.1) is 17.6 Å². The van der Waals surface area contributed by atoms with Gasteiger partial charge in [-0.25, -0.2) is 4.98 Å². The summed E-state index contributed by atoms with van der Waals surface area (Å²) >= 11 is 1.70. The second kappa shape index (κ2) is 8.33. The number of nitrogens with two attached hydrogens (primary N) is 1. The van der Waals surface area contributed by atoms with E-state index >= 15 is 0 Å². The smallest absolute Gasteiger partial charge is 0.268 e. The van der Waals surface area contributed by atoms with Gasteiger partial charge in [0.1, 0.15) is 5.69 Å². The van der Waals surface area contributed by atoms with E-state index in [1.807, 2.05) is 55.5 Å². The second-order valence-corrected chi connectivity index (χ2v) is 7.24. The monoisotopic (exact) mass is 389 g/mol. The number of hydrogen-bond donors (Lipinski definition) is 1. The Kier molecular flexibility index (Phi) is 5.45. The number of aryl methyl sites for hydroxylation is 1. The number of nitrogens with zero attached hydrogens (tertiary/aromatic N) is 4. The van der Waals surface area contributed by atoms with Crippen molar-refractivity contribution in [2.45, 2.75) is 11.8 Å². The number of benzene rings is 2. The second-order valence-electron chi connectivity index (χ2n) is 6.10. The molecule has 0 aliphatic heterocycles. The largest absolute Gasteiger partial charge is 0.415 e. The molecule has 2 heterocycles. The standard InChI is InChI=1S/C21H19N5OS/c1-14-19(21-26-25-20(27-21)15-7-3-2-4-8-15)24-17(13-23-14)16-9-5-6-10-18(16)28-12-11-22/h2-10,13H,11-12,22H2,1H3. The highest BCUT2D eigenvalue weighted by Crippen LogP contribution is 2.32. The van der Waals surface area contributed by atoms with Gasteiger partial charge in [0.2, 0.25) is 5.89 Å². The van der Waals surface area contributed by atoms with Crippen LogP contribution in [-0.2, 0) is 0 Å². The van der Waals surface area contributed by atoms with Gasteiger partial charge >= 0.3 is 0 Å². The summed E-state index contributed by atoms with van der Waals surface area (Å²) in [6.07, 6.45) is 1.77. The van der Waals surface area contributed by atoms with Crippen molar-refractivity contribution < 1.29 is 4.42 Å². The highest BCUT2D eigenvalue weighted by molar-refractivity contribution is 7.99. The Morgan fingerprint density at radius 1 is 0.964 bits per heavy atom. The summed E-state index contributed by atoms with van der Waals surface area (Å²) in [6, 6.07) is 17.8. The topological polar surface area (TPSA) is 90.7 Å². The van der Waals surface area contributed by atoms with Gasteiger partial charge in [0, 0.05) is 28.3 Å². The van der Waals surface area contributed by atoms with Crippen LogP contribution in [0.5, 0.6) is 0 Å². The first-order valence-electron chi connectivity index (χ1n) is 8.91. The fraction of sp³-hybridized carbons (Fsp3) is 0.143. The van der Waals surface area contributed by atoms with E-state index in [4.69, 9.17) is 15.1 Å². The molecule has 0 aliphatic carbocycles. The van der Waals surface area contributed by atoms with Crippen molar-refractivity contribution >= 4 is 11.8 Å². The number of rotatable bonds is 6. The van der Waals surface area contributed by atoms with Crippen molar-refractivity contribution in [3.8, 4) is 34.3 Å². The van der Waals surface area contributed by atoms with E-state index in [9.17, 15) is 0 Å². The van der Waals surface area contributed by atoms with Crippen molar-refractivity contribution in [3.63, 3.8) is 0 Å². The average molecular weight is 389 g/mol. The van der Waals surface area contributed by atoms with Crippen molar-refractivity contribution in [3.05, 3.63) is 66.5 Å². The molecule has 0 unspecified atom stereocenters. The van der Waals surface area contributed by atoms with Crippen LogP contribution in [0, 0.1) is 6.92 Å². The van der Waals surface area contributed by atoms with Crippen molar-refractivity contribution in [2.24, 2.45) is 5.73 Å². The summed E-state index contributed by atoms with van der Waals surface area (Å²) in [6.45, 7) is 2.50. The van der Waals surface area contributed by atoms with E-state index in [0.29, 0.717) is 24.0 Å². The van der Waals surface area contributed by atoms with Crippen molar-refractivity contribution in [1.29, 1.82) is 0 Å². The lowest BCUT2D eigenvalue weighted by Gasteiger charge is -2.09. The van der Waals surface area contributed by atoms with Crippen LogP contribution >= 0.6 is 11.8 Å². The summed E-state index contributed by atoms with van der Waals surface area (Å²) in [7, 11) is 0. The molecular formula is C21H19N5OS. The van der Waals surface area contributed by atoms with Gasteiger partial charge in [0.15, 0.2) is 0 Å². The first-order chi connectivity index (χ1) is 13.8. The molecule has 140 valence electrons. The molecule has 0 fully saturated rings. The Morgan fingerprint density at radius 3 is 2.54 bits per heavy atom. The summed E-state index contributed by atoms with van der Waals surface area (Å²) in [5.41, 5.74) is 9.63. The minimum Gasteiger partial charge on any atom is -0.415 e. The van der Waals surface area contributed by atoms with Gasteiger partial charge in [-0.15, -0.1) is 22.0 Å². The summed E-state index contributed by atoms with van der Waals surface area (Å²) in [5, 5.41) is 8.35. The zero-order chi connectivity index (χ0) is 19.3. The molecule has 4 aromatic rings. The third-order valence-corrected chi connectivity index (χ3v) is 5.25. The average Bonchev–Trinajstić information content (AvgIpc) is 3.23. The van der Waals surface area contributed by atoms with E-state index in [0.717, 1.165) is 33.2 Å². The molecule has 0 aliphatic rings. The molecule has 0 bridgehead atoms. The van der Waals surface area contributed by atoms with Crippen molar-refractivity contribution in [1.82, 2.24) is 20.2 Å². The Balaban J connectivity index is 1.72. The Labute approximate surface area is 167 Å². The highest BCUT2D eigenvalue weighted by atomic mass is 32.2. The van der Waals surface area contributed by atoms with Gasteiger partial charge in [-0.3, -0.25) is 4.98 Å². The molecule has 7 heteroatoms. The molecule has 6 nitrogen and oxygen atoms in total. The van der Waals surface area contributed by atoms with Crippen LogP contribution in [0.3, 0.4) is 0 Å². The van der Waals surface area contributed by atoms with Crippen LogP contribution < -0.4 is 5.73 Å². The molecule has 0 saturated carbocycles. The van der Waals surface area contributed by atoms with Gasteiger partial charge in [-0.2, -0.15) is 0 Å². The molecule has 0 spiro atoms. The lowest BCUT2D eigenvalue weighted by atomic mass is 10.1. The van der Waals surface area contributed by atoms with Gasteiger partial charge in [-0.1, -0.05) is 36.4 Å². The van der Waals surface area contributed by atoms with Crippen molar-refractivity contribution in [2.75, 3.05) is 12.3 Å². The normalized spacial score (nSPS) is 10.9. The summed E-state index contributed by atoms with van der Waals surface area (Å²) in [4.78, 5) is 10.4. The maximum Gasteiger partial charge on any atom is 0.268 e. The number of hydrogen-bond acceptors (Lipinski definition) is 7. The Hall–Kier alpha value is -3.03. The fourth-order valence-corrected chi connectivity index (χ4v) is 3.61. The quantitative estimate of drug-likeness (QED) is 0.494. The van der Waals surface area contributed by atoms with Crippen LogP contribution in [0.25, 0.3) is 34.3 Å². The third kappa shape index (κ3) is 3.81. The maximum atomic E-state index is 5.88. The fourth-order valence-electron chi connectivity index (χ4n) is 2.77. The molecule has 4 rings (SSSR count). The first-order valence-corrected chi connectivity index (χ1v) is 9.90.